The van der Waals surface area contributed by atoms with Crippen LogP contribution in [0.1, 0.15) is 76.8 Å². The van der Waals surface area contributed by atoms with E-state index in [4.69, 9.17) is 14.6 Å². The maximum absolute atomic E-state index is 13.4. The van der Waals surface area contributed by atoms with Crippen LogP contribution in [0.25, 0.3) is 11.1 Å². The van der Waals surface area contributed by atoms with Gasteiger partial charge in [-0.3, -0.25) is 4.99 Å². The van der Waals surface area contributed by atoms with Gasteiger partial charge in [-0.2, -0.15) is 0 Å². The average molecular weight is 598 g/mol. The van der Waals surface area contributed by atoms with Crippen LogP contribution in [0.15, 0.2) is 57.3 Å². The van der Waals surface area contributed by atoms with Crippen molar-refractivity contribution in [2.24, 2.45) is 9.98 Å². The number of guanidine groups is 1. The molecule has 42 heavy (non-hydrogen) atoms. The number of hydrogen-bond acceptors (Lipinski definition) is 8. The summed E-state index contributed by atoms with van der Waals surface area (Å²) in [6.45, 7) is 7.24. The lowest BCUT2D eigenvalue weighted by Crippen LogP contribution is -2.37. The van der Waals surface area contributed by atoms with E-state index in [1.807, 2.05) is 32.2 Å². The second-order valence-corrected chi connectivity index (χ2v) is 12.6. The highest BCUT2D eigenvalue weighted by Crippen LogP contribution is 2.33. The van der Waals surface area contributed by atoms with Crippen LogP contribution in [0.3, 0.4) is 0 Å². The molecule has 1 atom stereocenters. The summed E-state index contributed by atoms with van der Waals surface area (Å²) in [4.78, 5) is 28.6. The maximum Gasteiger partial charge on any atom is 0.264 e. The normalized spacial score (nSPS) is 18.4. The Hall–Kier alpha value is -3.28. The van der Waals surface area contributed by atoms with Crippen LogP contribution >= 0.6 is 0 Å². The first kappa shape index (κ1) is 31.7. The molecule has 1 aliphatic carbocycles. The Labute approximate surface area is 249 Å². The second-order valence-electron chi connectivity index (χ2n) is 10.9. The lowest BCUT2D eigenvalue weighted by atomic mass is 9.97. The minimum absolute atomic E-state index is 0.0414. The summed E-state index contributed by atoms with van der Waals surface area (Å²) in [6.07, 6.45) is 7.07. The van der Waals surface area contributed by atoms with Gasteiger partial charge in [0, 0.05) is 32.2 Å². The number of aliphatic imine (C=N–C) groups is 2. The highest BCUT2D eigenvalue weighted by molar-refractivity contribution is 7.90. The maximum atomic E-state index is 13.4. The molecule has 1 aliphatic heterocycles. The third kappa shape index (κ3) is 7.76. The molecule has 4 rings (SSSR count). The van der Waals surface area contributed by atoms with Gasteiger partial charge in [0.2, 0.25) is 5.96 Å². The summed E-state index contributed by atoms with van der Waals surface area (Å²) in [5.41, 5.74) is 5.17. The van der Waals surface area contributed by atoms with Crippen LogP contribution in [0.2, 0.25) is 0 Å². The van der Waals surface area contributed by atoms with Crippen molar-refractivity contribution in [3.8, 4) is 11.1 Å². The van der Waals surface area contributed by atoms with E-state index in [1.165, 1.54) is 0 Å². The summed E-state index contributed by atoms with van der Waals surface area (Å²) in [7, 11) is -1.95. The first-order valence-electron chi connectivity index (χ1n) is 14.8. The van der Waals surface area contributed by atoms with E-state index in [-0.39, 0.29) is 10.9 Å². The van der Waals surface area contributed by atoms with E-state index in [2.05, 4.69) is 33.1 Å². The van der Waals surface area contributed by atoms with Gasteiger partial charge < -0.3 is 14.4 Å². The Morgan fingerprint density at radius 3 is 2.64 bits per heavy atom. The Morgan fingerprint density at radius 1 is 1.21 bits per heavy atom. The topological polar surface area (TPSA) is 122 Å². The fourth-order valence-electron chi connectivity index (χ4n) is 5.40. The Balaban J connectivity index is 1.65. The van der Waals surface area contributed by atoms with Crippen LogP contribution in [-0.4, -0.2) is 56.8 Å². The second kappa shape index (κ2) is 14.3. The van der Waals surface area contributed by atoms with Gasteiger partial charge in [0.05, 0.1) is 11.5 Å². The van der Waals surface area contributed by atoms with Crippen LogP contribution < -0.4 is 10.2 Å². The number of hydrogen-bond donors (Lipinski definition) is 2. The largest absolute Gasteiger partial charge is 0.377 e. The standard InChI is InChI=1S/C31H43N5O5S/c1-5-7-14-29(33-31(22-37)17-10-11-18-31)36(4)20-24-15-16-26(25(19-24)21-40-6-2)27-12-8-9-13-28(27)42(38,39)35-30-32-23(3)41-34-30/h8-9,12-13,15-16,19,22-23H,5-7,10-11,14,17-18,20-21H2,1-4H3,(H2,32,34,35). The number of unbranched alkanes of at least 4 members (excludes halogenated alkanes) is 1. The zero-order chi connectivity index (χ0) is 30.2. The molecule has 2 N–H and O–H groups in total. The molecule has 0 spiro atoms. The molecular weight excluding hydrogens is 554 g/mol. The van der Waals surface area contributed by atoms with Crippen LogP contribution in [-0.2, 0) is 37.5 Å². The third-order valence-electron chi connectivity index (χ3n) is 7.62. The molecule has 2 aromatic carbocycles. The number of benzene rings is 2. The molecule has 0 bridgehead atoms. The van der Waals surface area contributed by atoms with Crippen molar-refractivity contribution in [3.05, 3.63) is 53.6 Å². The smallest absolute Gasteiger partial charge is 0.264 e. The molecule has 1 heterocycles. The fourth-order valence-corrected chi connectivity index (χ4v) is 6.58. The van der Waals surface area contributed by atoms with Crippen molar-refractivity contribution >= 4 is 28.1 Å². The molecule has 228 valence electrons. The van der Waals surface area contributed by atoms with E-state index in [1.54, 1.807) is 25.1 Å². The van der Waals surface area contributed by atoms with Gasteiger partial charge in [-0.1, -0.05) is 62.6 Å². The predicted octanol–water partition coefficient (Wildman–Crippen LogP) is 4.94. The van der Waals surface area contributed by atoms with Gasteiger partial charge in [0.1, 0.15) is 17.7 Å². The molecule has 11 heteroatoms. The molecule has 1 fully saturated rings. The summed E-state index contributed by atoms with van der Waals surface area (Å²) in [6, 6.07) is 12.9. The van der Waals surface area contributed by atoms with Gasteiger partial charge in [0.15, 0.2) is 6.23 Å². The van der Waals surface area contributed by atoms with E-state index in [0.29, 0.717) is 25.3 Å². The number of hydroxylamine groups is 1. The first-order chi connectivity index (χ1) is 20.2. The van der Waals surface area contributed by atoms with Gasteiger partial charge in [-0.05, 0) is 55.9 Å². The van der Waals surface area contributed by atoms with E-state index < -0.39 is 21.8 Å². The first-order valence-corrected chi connectivity index (χ1v) is 16.3. The third-order valence-corrected chi connectivity index (χ3v) is 9.02. The molecule has 0 saturated heterocycles. The number of carbonyl (C=O) groups is 1. The van der Waals surface area contributed by atoms with Gasteiger partial charge in [-0.15, -0.1) is 0 Å². The van der Waals surface area contributed by atoms with Crippen LogP contribution in [0.5, 0.6) is 0 Å². The Bertz CT molecular complexity index is 1400. The van der Waals surface area contributed by atoms with Gasteiger partial charge >= 0.3 is 0 Å². The molecule has 0 aromatic heterocycles. The van der Waals surface area contributed by atoms with Crippen molar-refractivity contribution in [3.63, 3.8) is 0 Å². The number of aldehydes is 1. The van der Waals surface area contributed by atoms with E-state index in [9.17, 15) is 13.2 Å². The molecule has 0 radical (unpaired) electrons. The minimum Gasteiger partial charge on any atom is -0.377 e. The van der Waals surface area contributed by atoms with Crippen molar-refractivity contribution < 1.29 is 22.8 Å². The van der Waals surface area contributed by atoms with Crippen molar-refractivity contribution in [1.82, 2.24) is 15.1 Å². The Morgan fingerprint density at radius 2 is 1.98 bits per heavy atom. The molecule has 10 nitrogen and oxygen atoms in total. The van der Waals surface area contributed by atoms with Crippen molar-refractivity contribution in [2.75, 3.05) is 13.7 Å². The lowest BCUT2D eigenvalue weighted by Gasteiger charge is -2.27. The van der Waals surface area contributed by atoms with E-state index in [0.717, 1.165) is 73.8 Å². The highest BCUT2D eigenvalue weighted by Gasteiger charge is 2.34. The highest BCUT2D eigenvalue weighted by atomic mass is 32.2. The summed E-state index contributed by atoms with van der Waals surface area (Å²) in [5.74, 6) is 0.991. The lowest BCUT2D eigenvalue weighted by molar-refractivity contribution is -0.112. The van der Waals surface area contributed by atoms with Crippen molar-refractivity contribution in [1.29, 1.82) is 0 Å². The average Bonchev–Trinajstić information content (AvgIpc) is 3.62. The molecular formula is C31H43N5O5S. The zero-order valence-electron chi connectivity index (χ0n) is 25.1. The minimum atomic E-state index is -3.97. The van der Waals surface area contributed by atoms with Gasteiger partial charge in [0.25, 0.3) is 10.0 Å². The number of ether oxygens (including phenoxy) is 1. The monoisotopic (exact) mass is 597 g/mol. The number of nitrogens with zero attached hydrogens (tertiary/aromatic N) is 3. The van der Waals surface area contributed by atoms with E-state index >= 15 is 0 Å². The number of nitrogens with one attached hydrogen (secondary N) is 2. The fraction of sp³-hybridized carbons (Fsp3) is 0.516. The quantitative estimate of drug-likeness (QED) is 0.191. The Kier molecular flexibility index (Phi) is 10.7. The zero-order valence-corrected chi connectivity index (χ0v) is 25.9. The molecule has 1 unspecified atom stereocenters. The number of amidine groups is 1. The summed E-state index contributed by atoms with van der Waals surface area (Å²) < 4.78 is 35.1. The molecule has 1 saturated carbocycles. The summed E-state index contributed by atoms with van der Waals surface area (Å²) >= 11 is 0. The number of sulfonamides is 1. The van der Waals surface area contributed by atoms with Crippen LogP contribution in [0.4, 0.5) is 0 Å². The van der Waals surface area contributed by atoms with Crippen LogP contribution in [0, 0.1) is 0 Å². The molecule has 2 aliphatic rings. The van der Waals surface area contributed by atoms with Gasteiger partial charge in [-0.25, -0.2) is 28.4 Å². The number of rotatable bonds is 13. The SMILES string of the molecule is CCCCC(=NC1(C=O)CCCC1)N(C)Cc1ccc(-c2ccccc2S(=O)(=O)NC2=NC(C)ON2)c(COCC)c1. The molecule has 2 aromatic rings. The summed E-state index contributed by atoms with van der Waals surface area (Å²) in [5, 5.41) is 0. The number of carbonyl (C=O) groups excluding carboxylic acids is 1. The molecule has 0 amide bonds. The predicted molar refractivity (Wildman–Crippen MR) is 164 cm³/mol. The van der Waals surface area contributed by atoms with Crippen molar-refractivity contribution in [2.45, 2.75) is 95.5 Å².